The van der Waals surface area contributed by atoms with Crippen molar-refractivity contribution in [1.82, 2.24) is 9.80 Å². The fraction of sp³-hybridized carbons (Fsp3) is 0.500. The van der Waals surface area contributed by atoms with Gasteiger partial charge in [-0.2, -0.15) is 0 Å². The summed E-state index contributed by atoms with van der Waals surface area (Å²) in [6.07, 6.45) is 0.258. The zero-order chi connectivity index (χ0) is 18.5. The molecule has 0 N–H and O–H groups in total. The minimum Gasteiger partial charge on any atom is -0.482 e. The molecule has 3 aliphatic heterocycles. The van der Waals surface area contributed by atoms with Crippen LogP contribution in [0.15, 0.2) is 18.2 Å². The van der Waals surface area contributed by atoms with Gasteiger partial charge >= 0.3 is 6.09 Å². The molecule has 0 saturated carbocycles. The predicted molar refractivity (Wildman–Crippen MR) is 92.1 cm³/mol. The van der Waals surface area contributed by atoms with Gasteiger partial charge < -0.3 is 19.3 Å². The van der Waals surface area contributed by atoms with Gasteiger partial charge in [0.05, 0.1) is 18.8 Å². The lowest BCUT2D eigenvalue weighted by Crippen LogP contribution is -2.47. The summed E-state index contributed by atoms with van der Waals surface area (Å²) >= 11 is 0. The Bertz CT molecular complexity index is 795. The van der Waals surface area contributed by atoms with Crippen molar-refractivity contribution >= 4 is 23.6 Å². The van der Waals surface area contributed by atoms with Crippen molar-refractivity contribution in [3.05, 3.63) is 23.8 Å². The molecule has 0 aliphatic carbocycles. The second kappa shape index (κ2) is 5.89. The normalized spacial score (nSPS) is 24.8. The summed E-state index contributed by atoms with van der Waals surface area (Å²) in [5.74, 6) is 0.208. The van der Waals surface area contributed by atoms with Gasteiger partial charge in [0.25, 0.3) is 5.91 Å². The number of hydrogen-bond donors (Lipinski definition) is 0. The van der Waals surface area contributed by atoms with Gasteiger partial charge in [-0.3, -0.25) is 14.5 Å². The fourth-order valence-electron chi connectivity index (χ4n) is 3.78. The minimum atomic E-state index is -0.620. The highest BCUT2D eigenvalue weighted by atomic mass is 16.6. The number of aryl methyl sites for hydroxylation is 1. The molecule has 26 heavy (non-hydrogen) atoms. The lowest BCUT2D eigenvalue weighted by atomic mass is 10.0. The number of fused-ring (bicyclic) bond motifs is 1. The monoisotopic (exact) mass is 359 g/mol. The maximum atomic E-state index is 12.8. The summed E-state index contributed by atoms with van der Waals surface area (Å²) in [7, 11) is 1.69. The van der Waals surface area contributed by atoms with Crippen molar-refractivity contribution in [1.29, 1.82) is 0 Å². The zero-order valence-electron chi connectivity index (χ0n) is 14.9. The van der Waals surface area contributed by atoms with Crippen LogP contribution in [0.3, 0.4) is 0 Å². The Labute approximate surface area is 151 Å². The average Bonchev–Trinajstić information content (AvgIpc) is 3.13. The number of amides is 3. The van der Waals surface area contributed by atoms with Crippen LogP contribution in [-0.4, -0.2) is 73.1 Å². The molecule has 3 amide bonds. The van der Waals surface area contributed by atoms with Crippen molar-refractivity contribution in [3.8, 4) is 5.75 Å². The molecular formula is C18H21N3O5. The predicted octanol–water partition coefficient (Wildman–Crippen LogP) is 0.774. The van der Waals surface area contributed by atoms with Gasteiger partial charge in [-0.25, -0.2) is 4.79 Å². The third-order valence-corrected chi connectivity index (χ3v) is 5.16. The molecule has 0 radical (unpaired) electrons. The van der Waals surface area contributed by atoms with E-state index < -0.39 is 5.60 Å². The topological polar surface area (TPSA) is 79.4 Å². The number of likely N-dealkylation sites (tertiary alicyclic amines) is 1. The molecule has 2 saturated heterocycles. The summed E-state index contributed by atoms with van der Waals surface area (Å²) in [5, 5.41) is 0. The van der Waals surface area contributed by atoms with Gasteiger partial charge in [0.2, 0.25) is 5.91 Å². The van der Waals surface area contributed by atoms with Crippen LogP contribution in [0.4, 0.5) is 10.5 Å². The largest absolute Gasteiger partial charge is 0.482 e. The molecule has 8 heteroatoms. The maximum absolute atomic E-state index is 12.8. The summed E-state index contributed by atoms with van der Waals surface area (Å²) in [4.78, 5) is 41.5. The van der Waals surface area contributed by atoms with Gasteiger partial charge in [-0.1, -0.05) is 6.07 Å². The van der Waals surface area contributed by atoms with E-state index in [-0.39, 0.29) is 31.1 Å². The standard InChI is InChI=1S/C18H21N3O5/c1-12-3-4-14-13(7-12)21(16(23)9-25-14)8-15(22)20-6-5-18(11-20)10-19(2)17(24)26-18/h3-4,7H,5-6,8-11H2,1-2H3/t18-/m0/s1. The Hall–Kier alpha value is -2.77. The Morgan fingerprint density at radius 3 is 2.81 bits per heavy atom. The number of benzene rings is 1. The summed E-state index contributed by atoms with van der Waals surface area (Å²) in [5.41, 5.74) is 0.987. The lowest BCUT2D eigenvalue weighted by molar-refractivity contribution is -0.131. The number of nitrogens with zero attached hydrogens (tertiary/aromatic N) is 3. The van der Waals surface area contributed by atoms with Gasteiger partial charge in [0, 0.05) is 20.0 Å². The van der Waals surface area contributed by atoms with Crippen LogP contribution in [0.2, 0.25) is 0 Å². The first-order chi connectivity index (χ1) is 12.4. The molecule has 1 aromatic rings. The first kappa shape index (κ1) is 16.7. The molecule has 3 heterocycles. The highest BCUT2D eigenvalue weighted by Gasteiger charge is 2.49. The van der Waals surface area contributed by atoms with E-state index in [1.807, 2.05) is 25.1 Å². The smallest absolute Gasteiger partial charge is 0.410 e. The van der Waals surface area contributed by atoms with Crippen molar-refractivity contribution in [3.63, 3.8) is 0 Å². The first-order valence-corrected chi connectivity index (χ1v) is 8.63. The van der Waals surface area contributed by atoms with Crippen LogP contribution >= 0.6 is 0 Å². The minimum absolute atomic E-state index is 0.0431. The maximum Gasteiger partial charge on any atom is 0.410 e. The molecule has 2 fully saturated rings. The summed E-state index contributed by atoms with van der Waals surface area (Å²) in [6, 6.07) is 5.57. The molecule has 1 aromatic carbocycles. The molecule has 138 valence electrons. The van der Waals surface area contributed by atoms with E-state index in [9.17, 15) is 14.4 Å². The Balaban J connectivity index is 1.48. The van der Waals surface area contributed by atoms with Crippen LogP contribution in [0, 0.1) is 6.92 Å². The molecule has 0 bridgehead atoms. The zero-order valence-corrected chi connectivity index (χ0v) is 14.9. The third-order valence-electron chi connectivity index (χ3n) is 5.16. The highest BCUT2D eigenvalue weighted by Crippen LogP contribution is 2.34. The molecular weight excluding hydrogens is 338 g/mol. The van der Waals surface area contributed by atoms with E-state index in [1.165, 1.54) is 9.80 Å². The molecule has 8 nitrogen and oxygen atoms in total. The first-order valence-electron chi connectivity index (χ1n) is 8.63. The number of carbonyl (C=O) groups is 3. The molecule has 1 spiro atoms. The van der Waals surface area contributed by atoms with Crippen LogP contribution in [0.5, 0.6) is 5.75 Å². The van der Waals surface area contributed by atoms with Crippen LogP contribution in [0.1, 0.15) is 12.0 Å². The van der Waals surface area contributed by atoms with Gasteiger partial charge in [-0.05, 0) is 24.6 Å². The van der Waals surface area contributed by atoms with Crippen LogP contribution in [0.25, 0.3) is 0 Å². The summed E-state index contributed by atoms with van der Waals surface area (Å²) < 4.78 is 10.9. The third kappa shape index (κ3) is 2.75. The Kier molecular flexibility index (Phi) is 3.78. The van der Waals surface area contributed by atoms with Crippen molar-refractivity contribution in [2.75, 3.05) is 44.7 Å². The average molecular weight is 359 g/mol. The van der Waals surface area contributed by atoms with Crippen LogP contribution in [-0.2, 0) is 14.3 Å². The van der Waals surface area contributed by atoms with Gasteiger partial charge in [0.15, 0.2) is 12.2 Å². The van der Waals surface area contributed by atoms with E-state index in [0.717, 1.165) is 5.56 Å². The number of rotatable bonds is 2. The number of likely N-dealkylation sites (N-methyl/N-ethyl adjacent to an activating group) is 1. The number of hydrogen-bond acceptors (Lipinski definition) is 5. The Morgan fingerprint density at radius 1 is 1.27 bits per heavy atom. The molecule has 0 unspecified atom stereocenters. The quantitative estimate of drug-likeness (QED) is 0.779. The number of anilines is 1. The van der Waals surface area contributed by atoms with Crippen LogP contribution < -0.4 is 9.64 Å². The van der Waals surface area contributed by atoms with Gasteiger partial charge in [-0.15, -0.1) is 0 Å². The second-order valence-electron chi connectivity index (χ2n) is 7.21. The van der Waals surface area contributed by atoms with Gasteiger partial charge in [0.1, 0.15) is 12.3 Å². The van der Waals surface area contributed by atoms with E-state index >= 15 is 0 Å². The Morgan fingerprint density at radius 2 is 2.08 bits per heavy atom. The SMILES string of the molecule is Cc1ccc2c(c1)N(CC(=O)N1CC[C@]3(CN(C)C(=O)O3)C1)C(=O)CO2. The highest BCUT2D eigenvalue weighted by molar-refractivity contribution is 6.02. The van der Waals surface area contributed by atoms with Crippen molar-refractivity contribution < 1.29 is 23.9 Å². The number of carbonyl (C=O) groups excluding carboxylic acids is 3. The summed E-state index contributed by atoms with van der Waals surface area (Å²) in [6.45, 7) is 3.16. The lowest BCUT2D eigenvalue weighted by Gasteiger charge is -2.30. The van der Waals surface area contributed by atoms with E-state index in [1.54, 1.807) is 11.9 Å². The van der Waals surface area contributed by atoms with E-state index in [4.69, 9.17) is 9.47 Å². The van der Waals surface area contributed by atoms with Crippen molar-refractivity contribution in [2.24, 2.45) is 0 Å². The molecule has 3 aliphatic rings. The molecule has 4 rings (SSSR count). The molecule has 1 atom stereocenters. The van der Waals surface area contributed by atoms with Crippen molar-refractivity contribution in [2.45, 2.75) is 18.9 Å². The fourth-order valence-corrected chi connectivity index (χ4v) is 3.78. The van der Waals surface area contributed by atoms with E-state index in [0.29, 0.717) is 37.5 Å². The molecule has 0 aromatic heterocycles. The number of ether oxygens (including phenoxy) is 2. The van der Waals surface area contributed by atoms with E-state index in [2.05, 4.69) is 0 Å². The second-order valence-corrected chi connectivity index (χ2v) is 7.21.